The molecule has 3 aliphatic carbocycles. The minimum absolute atomic E-state index is 0.0916. The molecule has 4 unspecified atom stereocenters. The first-order valence-electron chi connectivity index (χ1n) is 19.2. The topological polar surface area (TPSA) is 282 Å². The Morgan fingerprint density at radius 2 is 1.36 bits per heavy atom. The summed E-state index contributed by atoms with van der Waals surface area (Å²) in [6.07, 6.45) is 5.67. The predicted molar refractivity (Wildman–Crippen MR) is 206 cm³/mol. The van der Waals surface area contributed by atoms with Crippen molar-refractivity contribution in [2.75, 3.05) is 13.1 Å². The van der Waals surface area contributed by atoms with Crippen LogP contribution in [-0.4, -0.2) is 89.7 Å². The van der Waals surface area contributed by atoms with Crippen LogP contribution in [0.3, 0.4) is 0 Å². The average Bonchev–Trinajstić information content (AvgIpc) is 3.11. The van der Waals surface area contributed by atoms with Crippen LogP contribution in [0.4, 0.5) is 9.59 Å². The Bertz CT molecular complexity index is 1470. The summed E-state index contributed by atoms with van der Waals surface area (Å²) in [6, 6.07) is 4.66. The summed E-state index contributed by atoms with van der Waals surface area (Å²) < 4.78 is 5.43. The minimum Gasteiger partial charge on any atom is -0.465 e. The summed E-state index contributed by atoms with van der Waals surface area (Å²) in [5, 5.41) is 22.2. The number of amides is 6. The predicted octanol–water partition coefficient (Wildman–Crippen LogP) is 1.91. The summed E-state index contributed by atoms with van der Waals surface area (Å²) in [5.74, 6) is -2.09. The summed E-state index contributed by atoms with van der Waals surface area (Å²) in [7, 11) is 0. The molecule has 55 heavy (non-hydrogen) atoms. The largest absolute Gasteiger partial charge is 0.465 e. The van der Waals surface area contributed by atoms with Crippen LogP contribution in [-0.2, 0) is 30.3 Å². The number of rotatable bonds is 21. The number of nitrogens with zero attached hydrogens (tertiary/aromatic N) is 1. The smallest absolute Gasteiger partial charge is 0.408 e. The lowest BCUT2D eigenvalue weighted by Crippen LogP contribution is -2.59. The first-order valence-corrected chi connectivity index (χ1v) is 19.2. The van der Waals surface area contributed by atoms with E-state index in [9.17, 15) is 28.8 Å². The Hall–Kier alpha value is -5.09. The molecule has 3 fully saturated rings. The third-order valence-corrected chi connectivity index (χ3v) is 10.2. The lowest BCUT2D eigenvalue weighted by molar-refractivity contribution is -0.135. The van der Waals surface area contributed by atoms with Crippen molar-refractivity contribution < 1.29 is 38.6 Å². The van der Waals surface area contributed by atoms with Gasteiger partial charge in [-0.05, 0) is 115 Å². The van der Waals surface area contributed by atoms with Crippen molar-refractivity contribution in [3.63, 3.8) is 0 Å². The zero-order chi connectivity index (χ0) is 40.6. The van der Waals surface area contributed by atoms with E-state index in [1.807, 2.05) is 18.2 Å². The van der Waals surface area contributed by atoms with Crippen LogP contribution in [0.15, 0.2) is 35.3 Å². The van der Waals surface area contributed by atoms with Crippen molar-refractivity contribution in [3.8, 4) is 0 Å². The highest BCUT2D eigenvalue weighted by Gasteiger charge is 2.44. The Balaban J connectivity index is 1.86. The molecule has 1 aromatic carbocycles. The van der Waals surface area contributed by atoms with E-state index in [0.29, 0.717) is 31.6 Å². The number of primary amides is 1. The standard InChI is InChI=1S/C38H61N9O8/c1-37(2,3)55-36(54)47-28(22-25-10-5-4-6-11-25)32(50)45-27(13-9-21-42-34(40)41)31(49)46-29(23-38-17-14-24(15-18-38)16-19-38)33(51)44-26(30(39)48)12-7-8-20-43-35(52)53/h4-6,10-11,24,26-29,43H,7-9,12-23H2,1-3H3,(H2,39,48)(H,44,51)(H,45,50)(H,46,49)(H,47,54)(H,52,53)(H4,40,41,42). The number of guanidine groups is 1. The van der Waals surface area contributed by atoms with Gasteiger partial charge in [0.2, 0.25) is 23.6 Å². The second-order valence-electron chi connectivity index (χ2n) is 15.8. The number of benzene rings is 1. The number of hydrogen-bond donors (Lipinski definition) is 9. The minimum atomic E-state index is -1.16. The van der Waals surface area contributed by atoms with Crippen LogP contribution in [0, 0.1) is 11.3 Å². The van der Waals surface area contributed by atoms with Gasteiger partial charge in [0.05, 0.1) is 0 Å². The third-order valence-electron chi connectivity index (χ3n) is 10.2. The van der Waals surface area contributed by atoms with Gasteiger partial charge in [0.25, 0.3) is 0 Å². The molecule has 0 radical (unpaired) electrons. The molecule has 3 aliphatic rings. The highest BCUT2D eigenvalue weighted by molar-refractivity contribution is 5.95. The average molecular weight is 772 g/mol. The molecular formula is C38H61N9O8. The zero-order valence-corrected chi connectivity index (χ0v) is 32.4. The van der Waals surface area contributed by atoms with E-state index in [-0.39, 0.29) is 43.7 Å². The van der Waals surface area contributed by atoms with Crippen molar-refractivity contribution in [1.29, 1.82) is 0 Å². The van der Waals surface area contributed by atoms with E-state index >= 15 is 0 Å². The summed E-state index contributed by atoms with van der Waals surface area (Å²) in [6.45, 7) is 5.44. The SMILES string of the molecule is CC(C)(C)OC(=O)NC(Cc1ccccc1)C(=O)NC(CCCN=C(N)N)C(=O)NC(CC12CCC(CC1)CC2)C(=O)NC(CCCCNC(=O)O)C(N)=O. The van der Waals surface area contributed by atoms with E-state index in [2.05, 4.69) is 31.6 Å². The number of hydrogen-bond acceptors (Lipinski definition) is 8. The fraction of sp³-hybridized carbons (Fsp3) is 0.658. The van der Waals surface area contributed by atoms with Crippen LogP contribution in [0.2, 0.25) is 0 Å². The number of carboxylic acid groups (broad SMARTS) is 1. The van der Waals surface area contributed by atoms with E-state index in [0.717, 1.165) is 44.1 Å². The van der Waals surface area contributed by atoms with Gasteiger partial charge in [-0.2, -0.15) is 0 Å². The lowest BCUT2D eigenvalue weighted by Gasteiger charge is -2.48. The number of carbonyl (C=O) groups is 6. The second kappa shape index (κ2) is 21.1. The molecule has 0 saturated heterocycles. The van der Waals surface area contributed by atoms with Gasteiger partial charge >= 0.3 is 12.2 Å². The maximum atomic E-state index is 14.2. The zero-order valence-electron chi connectivity index (χ0n) is 32.4. The van der Waals surface area contributed by atoms with Crippen molar-refractivity contribution >= 4 is 41.8 Å². The molecule has 2 bridgehead atoms. The molecule has 0 aliphatic heterocycles. The molecule has 12 N–H and O–H groups in total. The van der Waals surface area contributed by atoms with Crippen LogP contribution < -0.4 is 43.8 Å². The highest BCUT2D eigenvalue weighted by Crippen LogP contribution is 2.52. The van der Waals surface area contributed by atoms with Gasteiger partial charge in [-0.1, -0.05) is 30.3 Å². The number of alkyl carbamates (subject to hydrolysis) is 1. The van der Waals surface area contributed by atoms with Crippen LogP contribution >= 0.6 is 0 Å². The molecule has 0 heterocycles. The van der Waals surface area contributed by atoms with Crippen LogP contribution in [0.5, 0.6) is 0 Å². The first-order chi connectivity index (χ1) is 25.9. The van der Waals surface area contributed by atoms with Crippen molar-refractivity contribution in [2.24, 2.45) is 33.5 Å². The second-order valence-corrected chi connectivity index (χ2v) is 15.8. The van der Waals surface area contributed by atoms with Gasteiger partial charge in [-0.25, -0.2) is 9.59 Å². The van der Waals surface area contributed by atoms with Gasteiger partial charge in [0, 0.05) is 19.5 Å². The van der Waals surface area contributed by atoms with Gasteiger partial charge < -0.3 is 53.6 Å². The highest BCUT2D eigenvalue weighted by atomic mass is 16.6. The Morgan fingerprint density at radius 3 is 1.95 bits per heavy atom. The van der Waals surface area contributed by atoms with E-state index in [1.54, 1.807) is 32.9 Å². The van der Waals surface area contributed by atoms with Crippen LogP contribution in [0.25, 0.3) is 0 Å². The number of ether oxygens (including phenoxy) is 1. The first kappa shape index (κ1) is 44.3. The maximum absolute atomic E-state index is 14.2. The van der Waals surface area contributed by atoms with Crippen molar-refractivity contribution in [3.05, 3.63) is 35.9 Å². The number of nitrogens with two attached hydrogens (primary N) is 3. The molecule has 3 saturated carbocycles. The number of carbonyl (C=O) groups excluding carboxylic acids is 5. The normalized spacial score (nSPS) is 19.7. The molecule has 17 nitrogen and oxygen atoms in total. The van der Waals surface area contributed by atoms with E-state index in [1.165, 1.54) is 0 Å². The fourth-order valence-corrected chi connectivity index (χ4v) is 7.34. The fourth-order valence-electron chi connectivity index (χ4n) is 7.34. The van der Waals surface area contributed by atoms with Crippen LogP contribution in [0.1, 0.15) is 103 Å². The number of fused-ring (bicyclic) bond motifs is 3. The monoisotopic (exact) mass is 771 g/mol. The molecule has 1 aromatic rings. The number of unbranched alkanes of at least 4 members (excludes halogenated alkanes) is 1. The van der Waals surface area contributed by atoms with Crippen molar-refractivity contribution in [1.82, 2.24) is 26.6 Å². The Kier molecular flexibility index (Phi) is 17.0. The van der Waals surface area contributed by atoms with Gasteiger partial charge in [-0.3, -0.25) is 24.2 Å². The summed E-state index contributed by atoms with van der Waals surface area (Å²) in [5.41, 5.74) is 16.4. The number of nitrogens with one attached hydrogen (secondary N) is 5. The molecule has 17 heteroatoms. The number of aliphatic imine (C=N–C) groups is 1. The molecule has 0 aromatic heterocycles. The van der Waals surface area contributed by atoms with Gasteiger partial charge in [-0.15, -0.1) is 0 Å². The van der Waals surface area contributed by atoms with Crippen molar-refractivity contribution in [2.45, 2.75) is 134 Å². The molecule has 4 rings (SSSR count). The van der Waals surface area contributed by atoms with E-state index < -0.39 is 65.6 Å². The van der Waals surface area contributed by atoms with E-state index in [4.69, 9.17) is 27.0 Å². The summed E-state index contributed by atoms with van der Waals surface area (Å²) in [4.78, 5) is 82.3. The lowest BCUT2D eigenvalue weighted by atomic mass is 9.58. The molecule has 6 amide bonds. The molecule has 306 valence electrons. The molecular weight excluding hydrogens is 710 g/mol. The van der Waals surface area contributed by atoms with Gasteiger partial charge in [0.15, 0.2) is 5.96 Å². The maximum Gasteiger partial charge on any atom is 0.408 e. The quantitative estimate of drug-likeness (QED) is 0.0497. The Morgan fingerprint density at radius 1 is 0.800 bits per heavy atom. The van der Waals surface area contributed by atoms with Gasteiger partial charge in [0.1, 0.15) is 29.8 Å². The molecule has 4 atom stereocenters. The Labute approximate surface area is 323 Å². The molecule has 0 spiro atoms. The third kappa shape index (κ3) is 16.0. The summed E-state index contributed by atoms with van der Waals surface area (Å²) >= 11 is 0.